The second-order valence-corrected chi connectivity index (χ2v) is 5.69. The minimum atomic E-state index is -0.470. The third-order valence-corrected chi connectivity index (χ3v) is 3.79. The number of benzene rings is 2. The highest BCUT2D eigenvalue weighted by Crippen LogP contribution is 2.20. The Bertz CT molecular complexity index is 937. The van der Waals surface area contributed by atoms with E-state index in [1.165, 1.54) is 6.08 Å². The maximum Gasteiger partial charge on any atom is 0.336 e. The summed E-state index contributed by atoms with van der Waals surface area (Å²) in [5.74, 6) is 1.37. The summed E-state index contributed by atoms with van der Waals surface area (Å²) in [4.78, 5) is 16.4. The molecule has 0 atom stereocenters. The molecule has 0 fully saturated rings. The maximum atomic E-state index is 11.8. The van der Waals surface area contributed by atoms with Crippen molar-refractivity contribution in [3.8, 4) is 11.5 Å². The van der Waals surface area contributed by atoms with Gasteiger partial charge in [-0.2, -0.15) is 0 Å². The fourth-order valence-electron chi connectivity index (χ4n) is 2.37. The molecule has 2 aromatic carbocycles. The van der Waals surface area contributed by atoms with Gasteiger partial charge >= 0.3 is 5.97 Å². The third-order valence-electron chi connectivity index (χ3n) is 3.79. The van der Waals surface area contributed by atoms with E-state index in [1.54, 1.807) is 43.7 Å². The molecule has 5 nitrogen and oxygen atoms in total. The van der Waals surface area contributed by atoms with Crippen LogP contribution in [-0.2, 0) is 4.79 Å². The second-order valence-electron chi connectivity index (χ2n) is 5.69. The zero-order chi connectivity index (χ0) is 19.1. The molecule has 0 spiro atoms. The molecule has 1 aromatic heterocycles. The van der Waals surface area contributed by atoms with Crippen LogP contribution in [0.4, 0.5) is 5.69 Å². The van der Waals surface area contributed by atoms with Gasteiger partial charge in [-0.3, -0.25) is 4.99 Å². The number of aliphatic imine (C=N–C) groups is 1. The molecule has 0 aliphatic carbocycles. The van der Waals surface area contributed by atoms with Gasteiger partial charge in [0.05, 0.1) is 19.1 Å². The smallest absolute Gasteiger partial charge is 0.336 e. The number of carbonyl (C=O) groups is 1. The number of carbonyl (C=O) groups excluding carboxylic acids is 1. The molecule has 0 aliphatic heterocycles. The molecule has 0 saturated carbocycles. The Balaban J connectivity index is 1.63. The van der Waals surface area contributed by atoms with Crippen molar-refractivity contribution in [3.05, 3.63) is 84.3 Å². The highest BCUT2D eigenvalue weighted by Gasteiger charge is 2.03. The topological polar surface area (TPSA) is 61.0 Å². The average Bonchev–Trinajstić information content (AvgIpc) is 3.21. The molecule has 3 rings (SSSR count). The van der Waals surface area contributed by atoms with E-state index in [1.807, 2.05) is 43.3 Å². The van der Waals surface area contributed by atoms with Crippen LogP contribution in [0.25, 0.3) is 6.08 Å². The summed E-state index contributed by atoms with van der Waals surface area (Å²) in [6.07, 6.45) is 4.42. The first-order chi connectivity index (χ1) is 13.1. The number of hydrogen-bond donors (Lipinski definition) is 0. The van der Waals surface area contributed by atoms with E-state index in [2.05, 4.69) is 4.99 Å². The largest absolute Gasteiger partial charge is 0.497 e. The van der Waals surface area contributed by atoms with Crippen molar-refractivity contribution in [2.45, 2.75) is 6.92 Å². The summed E-state index contributed by atoms with van der Waals surface area (Å²) in [7, 11) is 1.63. The predicted molar refractivity (Wildman–Crippen MR) is 105 cm³/mol. The first-order valence-corrected chi connectivity index (χ1v) is 8.37. The number of rotatable bonds is 6. The van der Waals surface area contributed by atoms with Crippen LogP contribution in [0.1, 0.15) is 18.2 Å². The Kier molecular flexibility index (Phi) is 5.84. The predicted octanol–water partition coefficient (Wildman–Crippen LogP) is 5.05. The number of esters is 1. The molecule has 1 heterocycles. The first kappa shape index (κ1) is 18.2. The first-order valence-electron chi connectivity index (χ1n) is 8.37. The van der Waals surface area contributed by atoms with Gasteiger partial charge in [0.25, 0.3) is 0 Å². The van der Waals surface area contributed by atoms with Gasteiger partial charge in [0, 0.05) is 11.8 Å². The molecule has 27 heavy (non-hydrogen) atoms. The normalized spacial score (nSPS) is 11.6. The van der Waals surface area contributed by atoms with Gasteiger partial charge in [-0.05, 0) is 79.2 Å². The summed E-state index contributed by atoms with van der Waals surface area (Å²) in [5.41, 5.74) is 2.64. The molecule has 0 bridgehead atoms. The fourth-order valence-corrected chi connectivity index (χ4v) is 2.37. The molecule has 0 N–H and O–H groups in total. The SMILES string of the molecule is COc1ccc(N=C(C)c2ccc(OC(=O)/C=C/c3ccco3)cc2)cc1. The van der Waals surface area contributed by atoms with E-state index in [4.69, 9.17) is 13.9 Å². The highest BCUT2D eigenvalue weighted by atomic mass is 16.5. The number of ether oxygens (including phenoxy) is 2. The zero-order valence-electron chi connectivity index (χ0n) is 15.1. The second kappa shape index (κ2) is 8.67. The molecule has 136 valence electrons. The van der Waals surface area contributed by atoms with Gasteiger partial charge in [-0.25, -0.2) is 4.79 Å². The monoisotopic (exact) mass is 361 g/mol. The minimum Gasteiger partial charge on any atom is -0.497 e. The van der Waals surface area contributed by atoms with Crippen LogP contribution in [0.2, 0.25) is 0 Å². The fraction of sp³-hybridized carbons (Fsp3) is 0.0909. The maximum absolute atomic E-state index is 11.8. The molecule has 5 heteroatoms. The van der Waals surface area contributed by atoms with Crippen molar-refractivity contribution in [1.29, 1.82) is 0 Å². The number of methoxy groups -OCH3 is 1. The lowest BCUT2D eigenvalue weighted by Gasteiger charge is -2.05. The van der Waals surface area contributed by atoms with Crippen LogP contribution in [0.5, 0.6) is 11.5 Å². The summed E-state index contributed by atoms with van der Waals surface area (Å²) in [6.45, 7) is 1.93. The Labute approximate surface area is 157 Å². The van der Waals surface area contributed by atoms with Crippen LogP contribution in [0.15, 0.2) is 82.4 Å². The lowest BCUT2D eigenvalue weighted by molar-refractivity contribution is -0.128. The quantitative estimate of drug-likeness (QED) is 0.267. The third kappa shape index (κ3) is 5.19. The lowest BCUT2D eigenvalue weighted by Crippen LogP contribution is -2.04. The molecule has 0 amide bonds. The van der Waals surface area contributed by atoms with E-state index in [-0.39, 0.29) is 0 Å². The van der Waals surface area contributed by atoms with Crippen LogP contribution in [0.3, 0.4) is 0 Å². The Morgan fingerprint density at radius 2 is 1.70 bits per heavy atom. The minimum absolute atomic E-state index is 0.463. The van der Waals surface area contributed by atoms with Crippen LogP contribution in [-0.4, -0.2) is 18.8 Å². The molecular formula is C22H19NO4. The van der Waals surface area contributed by atoms with Crippen molar-refractivity contribution in [3.63, 3.8) is 0 Å². The number of furan rings is 1. The van der Waals surface area contributed by atoms with E-state index >= 15 is 0 Å². The van der Waals surface area contributed by atoms with Crippen molar-refractivity contribution in [1.82, 2.24) is 0 Å². The van der Waals surface area contributed by atoms with E-state index in [0.29, 0.717) is 11.5 Å². The Morgan fingerprint density at radius 3 is 2.33 bits per heavy atom. The summed E-state index contributed by atoms with van der Waals surface area (Å²) >= 11 is 0. The molecule has 0 radical (unpaired) electrons. The Morgan fingerprint density at radius 1 is 1.00 bits per heavy atom. The van der Waals surface area contributed by atoms with E-state index in [0.717, 1.165) is 22.7 Å². The van der Waals surface area contributed by atoms with Crippen molar-refractivity contribution in [2.24, 2.45) is 4.99 Å². The summed E-state index contributed by atoms with van der Waals surface area (Å²) in [5, 5.41) is 0. The summed E-state index contributed by atoms with van der Waals surface area (Å²) < 4.78 is 15.5. The van der Waals surface area contributed by atoms with Gasteiger partial charge in [-0.15, -0.1) is 0 Å². The van der Waals surface area contributed by atoms with Gasteiger partial charge < -0.3 is 13.9 Å². The van der Waals surface area contributed by atoms with E-state index in [9.17, 15) is 4.79 Å². The molecule has 0 saturated heterocycles. The number of hydrogen-bond acceptors (Lipinski definition) is 5. The van der Waals surface area contributed by atoms with Crippen molar-refractivity contribution < 1.29 is 18.7 Å². The van der Waals surface area contributed by atoms with Crippen LogP contribution < -0.4 is 9.47 Å². The zero-order valence-corrected chi connectivity index (χ0v) is 15.1. The molecule has 3 aromatic rings. The number of nitrogens with zero attached hydrogens (tertiary/aromatic N) is 1. The van der Waals surface area contributed by atoms with Crippen LogP contribution >= 0.6 is 0 Å². The molecule has 0 aliphatic rings. The highest BCUT2D eigenvalue weighted by molar-refractivity contribution is 6.00. The van der Waals surface area contributed by atoms with Gasteiger partial charge in [0.1, 0.15) is 17.3 Å². The molecule has 0 unspecified atom stereocenters. The van der Waals surface area contributed by atoms with Crippen molar-refractivity contribution >= 4 is 23.4 Å². The summed E-state index contributed by atoms with van der Waals surface area (Å²) in [6, 6.07) is 18.2. The van der Waals surface area contributed by atoms with Gasteiger partial charge in [0.2, 0.25) is 0 Å². The van der Waals surface area contributed by atoms with E-state index < -0.39 is 5.97 Å². The van der Waals surface area contributed by atoms with Gasteiger partial charge in [-0.1, -0.05) is 0 Å². The van der Waals surface area contributed by atoms with Crippen LogP contribution in [0, 0.1) is 0 Å². The Hall–Kier alpha value is -3.60. The standard InChI is InChI=1S/C22H19NO4/c1-16(23-18-7-11-19(25-2)12-8-18)17-5-9-21(10-6-17)27-22(24)14-13-20-4-3-15-26-20/h3-15H,1-2H3/b14-13+,23-16?. The molecular weight excluding hydrogens is 342 g/mol. The van der Waals surface area contributed by atoms with Gasteiger partial charge in [0.15, 0.2) is 0 Å². The average molecular weight is 361 g/mol. The van der Waals surface area contributed by atoms with Crippen molar-refractivity contribution in [2.75, 3.05) is 7.11 Å². The lowest BCUT2D eigenvalue weighted by atomic mass is 10.1.